The lowest BCUT2D eigenvalue weighted by molar-refractivity contribution is -0.384. The van der Waals surface area contributed by atoms with Gasteiger partial charge in [-0.2, -0.15) is 0 Å². The van der Waals surface area contributed by atoms with Crippen LogP contribution in [0.25, 0.3) is 0 Å². The number of non-ortho nitro benzene ring substituents is 1. The lowest BCUT2D eigenvalue weighted by Gasteiger charge is -2.09. The zero-order valence-corrected chi connectivity index (χ0v) is 13.4. The Morgan fingerprint density at radius 3 is 2.42 bits per heavy atom. The van der Waals surface area contributed by atoms with Crippen LogP contribution in [0.1, 0.15) is 11.1 Å². The van der Waals surface area contributed by atoms with Gasteiger partial charge in [-0.3, -0.25) is 10.1 Å². The topological polar surface area (TPSA) is 55.5 Å². The van der Waals surface area contributed by atoms with Crippen LogP contribution < -0.4 is 0 Å². The predicted molar refractivity (Wildman–Crippen MR) is 95.4 cm³/mol. The fourth-order valence-electron chi connectivity index (χ4n) is 2.66. The number of nitro benzene ring substituents is 1. The van der Waals surface area contributed by atoms with Gasteiger partial charge < -0.3 is 0 Å². The smallest absolute Gasteiger partial charge is 0.258 e. The van der Waals surface area contributed by atoms with Gasteiger partial charge in [-0.15, -0.1) is 0 Å². The highest BCUT2D eigenvalue weighted by atomic mass is 32.2. The molecule has 1 aliphatic rings. The molecule has 4 rings (SSSR count). The normalized spacial score (nSPS) is 12.6. The van der Waals surface area contributed by atoms with Crippen molar-refractivity contribution >= 4 is 28.8 Å². The Bertz CT molecular complexity index is 968. The molecule has 0 atom stereocenters. The molecule has 3 aromatic rings. The molecule has 0 radical (unpaired) electrons. The van der Waals surface area contributed by atoms with Gasteiger partial charge in [-0.1, -0.05) is 54.2 Å². The van der Waals surface area contributed by atoms with Gasteiger partial charge >= 0.3 is 0 Å². The minimum Gasteiger partial charge on any atom is -0.258 e. The molecule has 1 aliphatic heterocycles. The third-order valence-corrected chi connectivity index (χ3v) is 4.93. The molecule has 116 valence electrons. The van der Waals surface area contributed by atoms with E-state index in [0.717, 1.165) is 32.3 Å². The largest absolute Gasteiger partial charge is 0.270 e. The van der Waals surface area contributed by atoms with Crippen molar-refractivity contribution in [3.63, 3.8) is 0 Å². The summed E-state index contributed by atoms with van der Waals surface area (Å²) in [6.07, 6.45) is 0. The van der Waals surface area contributed by atoms with Gasteiger partial charge in [0, 0.05) is 33.1 Å². The summed E-state index contributed by atoms with van der Waals surface area (Å²) in [5, 5.41) is 11.2. The minimum atomic E-state index is -0.369. The molecule has 24 heavy (non-hydrogen) atoms. The van der Waals surface area contributed by atoms with Crippen molar-refractivity contribution in [2.75, 3.05) is 0 Å². The van der Waals surface area contributed by atoms with Crippen molar-refractivity contribution in [3.8, 4) is 0 Å². The van der Waals surface area contributed by atoms with E-state index >= 15 is 0 Å². The van der Waals surface area contributed by atoms with Crippen LogP contribution in [0.15, 0.2) is 87.6 Å². The molecule has 0 fully saturated rings. The Kier molecular flexibility index (Phi) is 3.63. The van der Waals surface area contributed by atoms with Crippen LogP contribution in [-0.2, 0) is 0 Å². The van der Waals surface area contributed by atoms with Gasteiger partial charge in [0.05, 0.1) is 16.3 Å². The van der Waals surface area contributed by atoms with Crippen LogP contribution in [0.3, 0.4) is 0 Å². The quantitative estimate of drug-likeness (QED) is 0.373. The third-order valence-electron chi connectivity index (χ3n) is 3.79. The van der Waals surface area contributed by atoms with Crippen molar-refractivity contribution in [2.45, 2.75) is 9.79 Å². The van der Waals surface area contributed by atoms with Crippen molar-refractivity contribution in [1.29, 1.82) is 0 Å². The number of benzene rings is 3. The Hall–Kier alpha value is -2.92. The first kappa shape index (κ1) is 14.7. The first-order chi connectivity index (χ1) is 11.7. The van der Waals surface area contributed by atoms with E-state index in [9.17, 15) is 10.1 Å². The van der Waals surface area contributed by atoms with Crippen LogP contribution >= 0.6 is 11.8 Å². The Morgan fingerprint density at radius 1 is 0.875 bits per heavy atom. The predicted octanol–water partition coefficient (Wildman–Crippen LogP) is 5.23. The SMILES string of the molecule is O=[N+]([O-])c1ccc2c(c1)C(c1ccccc1)=Nc1ccccc1S2. The van der Waals surface area contributed by atoms with Crippen LogP contribution in [-0.4, -0.2) is 10.6 Å². The second-order valence-electron chi connectivity index (χ2n) is 5.33. The van der Waals surface area contributed by atoms with E-state index in [0.29, 0.717) is 0 Å². The van der Waals surface area contributed by atoms with E-state index in [1.54, 1.807) is 30.0 Å². The summed E-state index contributed by atoms with van der Waals surface area (Å²) < 4.78 is 0. The number of hydrogen-bond acceptors (Lipinski definition) is 4. The van der Waals surface area contributed by atoms with Gasteiger partial charge in [-0.05, 0) is 18.2 Å². The summed E-state index contributed by atoms with van der Waals surface area (Å²) in [6.45, 7) is 0. The summed E-state index contributed by atoms with van der Waals surface area (Å²) in [5.41, 5.74) is 3.43. The summed E-state index contributed by atoms with van der Waals surface area (Å²) >= 11 is 1.58. The van der Waals surface area contributed by atoms with E-state index < -0.39 is 0 Å². The monoisotopic (exact) mass is 332 g/mol. The average molecular weight is 332 g/mol. The first-order valence-electron chi connectivity index (χ1n) is 7.42. The second-order valence-corrected chi connectivity index (χ2v) is 6.42. The zero-order chi connectivity index (χ0) is 16.5. The zero-order valence-electron chi connectivity index (χ0n) is 12.5. The highest BCUT2D eigenvalue weighted by Gasteiger charge is 2.21. The lowest BCUT2D eigenvalue weighted by atomic mass is 10.0. The highest BCUT2D eigenvalue weighted by Crippen LogP contribution is 2.41. The molecule has 0 spiro atoms. The Labute approximate surface area is 143 Å². The standard InChI is InChI=1S/C19H12N2O2S/c22-21(23)14-10-11-17-15(12-14)19(13-6-2-1-3-7-13)20-16-8-4-5-9-18(16)24-17/h1-12H. The molecular weight excluding hydrogens is 320 g/mol. The highest BCUT2D eigenvalue weighted by molar-refractivity contribution is 7.99. The molecule has 0 aliphatic carbocycles. The molecule has 1 heterocycles. The maximum absolute atomic E-state index is 11.2. The fourth-order valence-corrected chi connectivity index (χ4v) is 3.66. The third kappa shape index (κ3) is 2.59. The number of para-hydroxylation sites is 1. The number of nitrogens with zero attached hydrogens (tertiary/aromatic N) is 2. The van der Waals surface area contributed by atoms with Crippen LogP contribution in [0.4, 0.5) is 11.4 Å². The number of rotatable bonds is 2. The van der Waals surface area contributed by atoms with Crippen molar-refractivity contribution in [3.05, 3.63) is 94.0 Å². The maximum atomic E-state index is 11.2. The second kappa shape index (κ2) is 5.94. The number of aliphatic imine (C=N–C) groups is 1. The molecule has 3 aromatic carbocycles. The van der Waals surface area contributed by atoms with E-state index in [1.165, 1.54) is 0 Å². The Balaban J connectivity index is 2.00. The van der Waals surface area contributed by atoms with Crippen molar-refractivity contribution < 1.29 is 4.92 Å². The summed E-state index contributed by atoms with van der Waals surface area (Å²) in [6, 6.07) is 22.6. The van der Waals surface area contributed by atoms with Gasteiger partial charge in [0.2, 0.25) is 0 Å². The molecule has 0 saturated carbocycles. The lowest BCUT2D eigenvalue weighted by Crippen LogP contribution is -2.04. The fraction of sp³-hybridized carbons (Fsp3) is 0. The molecule has 0 unspecified atom stereocenters. The van der Waals surface area contributed by atoms with E-state index in [-0.39, 0.29) is 10.6 Å². The van der Waals surface area contributed by atoms with Crippen LogP contribution in [0.2, 0.25) is 0 Å². The number of hydrogen-bond donors (Lipinski definition) is 0. The van der Waals surface area contributed by atoms with Crippen molar-refractivity contribution in [2.24, 2.45) is 4.99 Å². The molecule has 0 bridgehead atoms. The summed E-state index contributed by atoms with van der Waals surface area (Å²) in [5.74, 6) is 0. The van der Waals surface area contributed by atoms with Gasteiger partial charge in [0.25, 0.3) is 5.69 Å². The van der Waals surface area contributed by atoms with E-state index in [4.69, 9.17) is 4.99 Å². The van der Waals surface area contributed by atoms with Gasteiger partial charge in [-0.25, -0.2) is 4.99 Å². The molecule has 0 N–H and O–H groups in total. The van der Waals surface area contributed by atoms with E-state index in [2.05, 4.69) is 0 Å². The number of nitro groups is 1. The first-order valence-corrected chi connectivity index (χ1v) is 8.24. The van der Waals surface area contributed by atoms with Crippen molar-refractivity contribution in [1.82, 2.24) is 0 Å². The van der Waals surface area contributed by atoms with Gasteiger partial charge in [0.1, 0.15) is 0 Å². The summed E-state index contributed by atoms with van der Waals surface area (Å²) in [4.78, 5) is 17.7. The molecule has 4 nitrogen and oxygen atoms in total. The van der Waals surface area contributed by atoms with Gasteiger partial charge in [0.15, 0.2) is 0 Å². The summed E-state index contributed by atoms with van der Waals surface area (Å²) in [7, 11) is 0. The number of fused-ring (bicyclic) bond motifs is 2. The molecular formula is C19H12N2O2S. The minimum absolute atomic E-state index is 0.0731. The van der Waals surface area contributed by atoms with E-state index in [1.807, 2.05) is 54.6 Å². The molecule has 5 heteroatoms. The Morgan fingerprint density at radius 2 is 1.62 bits per heavy atom. The molecule has 0 amide bonds. The molecule has 0 aromatic heterocycles. The maximum Gasteiger partial charge on any atom is 0.270 e. The van der Waals surface area contributed by atoms with Crippen LogP contribution in [0.5, 0.6) is 0 Å². The van der Waals surface area contributed by atoms with Crippen LogP contribution in [0, 0.1) is 10.1 Å². The average Bonchev–Trinajstić information content (AvgIpc) is 2.78. The molecule has 0 saturated heterocycles.